The van der Waals surface area contributed by atoms with Crippen LogP contribution >= 0.6 is 23.2 Å². The van der Waals surface area contributed by atoms with Gasteiger partial charge in [0.1, 0.15) is 13.2 Å². The molecule has 0 aliphatic carbocycles. The molecule has 0 aliphatic heterocycles. The second kappa shape index (κ2) is 6.64. The van der Waals surface area contributed by atoms with Crippen LogP contribution in [-0.2, 0) is 0 Å². The molecule has 0 radical (unpaired) electrons. The van der Waals surface area contributed by atoms with Crippen molar-refractivity contribution in [3.05, 3.63) is 18.2 Å². The zero-order valence-electron chi connectivity index (χ0n) is 8.21. The monoisotopic (exact) mass is 249 g/mol. The average molecular weight is 250 g/mol. The van der Waals surface area contributed by atoms with Crippen LogP contribution in [0.15, 0.2) is 18.2 Å². The fourth-order valence-corrected chi connectivity index (χ4v) is 1.21. The number of halogens is 2. The molecule has 1 aromatic carbocycles. The highest BCUT2D eigenvalue weighted by atomic mass is 35.5. The molecule has 0 aromatic heterocycles. The summed E-state index contributed by atoms with van der Waals surface area (Å²) < 4.78 is 10.8. The highest BCUT2D eigenvalue weighted by Gasteiger charge is 2.05. The molecule has 0 saturated carbocycles. The first-order valence-electron chi connectivity index (χ1n) is 4.55. The predicted octanol–water partition coefficient (Wildman–Crippen LogP) is 2.50. The number of ether oxygens (including phenoxy) is 2. The summed E-state index contributed by atoms with van der Waals surface area (Å²) in [5, 5.41) is 0. The number of alkyl halides is 2. The van der Waals surface area contributed by atoms with Gasteiger partial charge in [0.15, 0.2) is 11.5 Å². The Kier molecular flexibility index (Phi) is 5.43. The molecule has 84 valence electrons. The summed E-state index contributed by atoms with van der Waals surface area (Å²) in [5.41, 5.74) is 6.26. The van der Waals surface area contributed by atoms with Crippen LogP contribution in [0, 0.1) is 0 Å². The van der Waals surface area contributed by atoms with E-state index in [2.05, 4.69) is 0 Å². The van der Waals surface area contributed by atoms with Crippen LogP contribution in [0.5, 0.6) is 11.5 Å². The Morgan fingerprint density at radius 2 is 1.60 bits per heavy atom. The summed E-state index contributed by atoms with van der Waals surface area (Å²) in [4.78, 5) is 0. The van der Waals surface area contributed by atoms with Gasteiger partial charge in [-0.2, -0.15) is 0 Å². The van der Waals surface area contributed by atoms with E-state index in [4.69, 9.17) is 38.4 Å². The Labute approximate surface area is 99.1 Å². The van der Waals surface area contributed by atoms with E-state index < -0.39 is 0 Å². The van der Waals surface area contributed by atoms with Gasteiger partial charge in [-0.05, 0) is 12.1 Å². The lowest BCUT2D eigenvalue weighted by atomic mass is 10.3. The van der Waals surface area contributed by atoms with Gasteiger partial charge in [0.05, 0.1) is 11.8 Å². The third kappa shape index (κ3) is 4.06. The molecule has 1 rings (SSSR count). The molecule has 15 heavy (non-hydrogen) atoms. The Hall–Kier alpha value is -0.800. The molecule has 0 fully saturated rings. The minimum atomic E-state index is 0.419. The van der Waals surface area contributed by atoms with E-state index >= 15 is 0 Å². The molecule has 0 aliphatic rings. The smallest absolute Gasteiger partial charge is 0.163 e. The van der Waals surface area contributed by atoms with Gasteiger partial charge in [0, 0.05) is 11.8 Å². The zero-order valence-corrected chi connectivity index (χ0v) is 9.72. The fourth-order valence-electron chi connectivity index (χ4n) is 1.05. The third-order valence-electron chi connectivity index (χ3n) is 1.64. The second-order valence-corrected chi connectivity index (χ2v) is 3.54. The summed E-state index contributed by atoms with van der Waals surface area (Å²) in [5.74, 6) is 2.08. The predicted molar refractivity (Wildman–Crippen MR) is 63.3 cm³/mol. The Morgan fingerprint density at radius 3 is 2.20 bits per heavy atom. The van der Waals surface area contributed by atoms with Crippen LogP contribution in [0.1, 0.15) is 0 Å². The maximum atomic E-state index is 5.63. The first-order chi connectivity index (χ1) is 7.27. The van der Waals surface area contributed by atoms with Gasteiger partial charge in [0.25, 0.3) is 0 Å². The summed E-state index contributed by atoms with van der Waals surface area (Å²) in [7, 11) is 0. The molecule has 3 nitrogen and oxygen atoms in total. The zero-order chi connectivity index (χ0) is 11.1. The highest BCUT2D eigenvalue weighted by molar-refractivity contribution is 6.18. The topological polar surface area (TPSA) is 44.5 Å². The summed E-state index contributed by atoms with van der Waals surface area (Å²) in [6, 6.07) is 5.21. The van der Waals surface area contributed by atoms with Gasteiger partial charge < -0.3 is 15.2 Å². The average Bonchev–Trinajstić information content (AvgIpc) is 2.25. The Morgan fingerprint density at radius 1 is 1.00 bits per heavy atom. The van der Waals surface area contributed by atoms with E-state index in [9.17, 15) is 0 Å². The maximum Gasteiger partial charge on any atom is 0.163 e. The molecule has 0 heterocycles. The van der Waals surface area contributed by atoms with Crippen molar-refractivity contribution in [1.82, 2.24) is 0 Å². The van der Waals surface area contributed by atoms with E-state index in [1.807, 2.05) is 0 Å². The third-order valence-corrected chi connectivity index (χ3v) is 1.95. The van der Waals surface area contributed by atoms with Crippen molar-refractivity contribution in [2.45, 2.75) is 0 Å². The minimum Gasteiger partial charge on any atom is -0.488 e. The quantitative estimate of drug-likeness (QED) is 0.623. The number of hydrogen-bond acceptors (Lipinski definition) is 3. The van der Waals surface area contributed by atoms with Gasteiger partial charge in [-0.25, -0.2) is 0 Å². The SMILES string of the molecule is Nc1ccc(OCCCl)c(OCCCl)c1. The molecule has 5 heteroatoms. The van der Waals surface area contributed by atoms with Crippen LogP contribution in [0.2, 0.25) is 0 Å². The van der Waals surface area contributed by atoms with Gasteiger partial charge in [-0.3, -0.25) is 0 Å². The molecule has 0 atom stereocenters. The second-order valence-electron chi connectivity index (χ2n) is 2.78. The lowest BCUT2D eigenvalue weighted by molar-refractivity contribution is 0.290. The van der Waals surface area contributed by atoms with E-state index in [-0.39, 0.29) is 0 Å². The number of nitrogens with two attached hydrogens (primary N) is 1. The number of nitrogen functional groups attached to an aromatic ring is 1. The standard InChI is InChI=1S/C10H13Cl2NO2/c11-3-5-14-9-2-1-8(13)7-10(9)15-6-4-12/h1-2,7H,3-6,13H2. The molecular formula is C10H13Cl2NO2. The van der Waals surface area contributed by atoms with Gasteiger partial charge in [0.2, 0.25) is 0 Å². The van der Waals surface area contributed by atoms with Crippen molar-refractivity contribution in [1.29, 1.82) is 0 Å². The van der Waals surface area contributed by atoms with Crippen molar-refractivity contribution in [2.24, 2.45) is 0 Å². The van der Waals surface area contributed by atoms with E-state index in [0.29, 0.717) is 42.2 Å². The van der Waals surface area contributed by atoms with E-state index in [1.165, 1.54) is 0 Å². The number of anilines is 1. The summed E-state index contributed by atoms with van der Waals surface area (Å²) >= 11 is 11.1. The Bertz CT molecular complexity index is 307. The van der Waals surface area contributed by atoms with Crippen molar-refractivity contribution < 1.29 is 9.47 Å². The lowest BCUT2D eigenvalue weighted by Gasteiger charge is -2.11. The first kappa shape index (κ1) is 12.3. The lowest BCUT2D eigenvalue weighted by Crippen LogP contribution is -2.04. The van der Waals surface area contributed by atoms with Crippen LogP contribution in [0.4, 0.5) is 5.69 Å². The van der Waals surface area contributed by atoms with Crippen molar-refractivity contribution in [2.75, 3.05) is 30.7 Å². The van der Waals surface area contributed by atoms with Gasteiger partial charge in [-0.1, -0.05) is 0 Å². The maximum absolute atomic E-state index is 5.63. The van der Waals surface area contributed by atoms with Crippen LogP contribution in [0.25, 0.3) is 0 Å². The van der Waals surface area contributed by atoms with Crippen molar-refractivity contribution in [3.8, 4) is 11.5 Å². The highest BCUT2D eigenvalue weighted by Crippen LogP contribution is 2.29. The molecular weight excluding hydrogens is 237 g/mol. The number of hydrogen-bond donors (Lipinski definition) is 1. The van der Waals surface area contributed by atoms with Gasteiger partial charge >= 0.3 is 0 Å². The molecule has 0 unspecified atom stereocenters. The van der Waals surface area contributed by atoms with Gasteiger partial charge in [-0.15, -0.1) is 23.2 Å². The summed E-state index contributed by atoms with van der Waals surface area (Å²) in [6.07, 6.45) is 0. The molecule has 1 aromatic rings. The molecule has 0 saturated heterocycles. The Balaban J connectivity index is 2.73. The van der Waals surface area contributed by atoms with E-state index in [1.54, 1.807) is 18.2 Å². The molecule has 0 amide bonds. The molecule has 2 N–H and O–H groups in total. The minimum absolute atomic E-state index is 0.419. The normalized spacial score (nSPS) is 10.0. The molecule has 0 spiro atoms. The van der Waals surface area contributed by atoms with Crippen LogP contribution in [0.3, 0.4) is 0 Å². The van der Waals surface area contributed by atoms with Crippen LogP contribution < -0.4 is 15.2 Å². The van der Waals surface area contributed by atoms with Crippen molar-refractivity contribution in [3.63, 3.8) is 0 Å². The number of rotatable bonds is 6. The van der Waals surface area contributed by atoms with Crippen LogP contribution in [-0.4, -0.2) is 25.0 Å². The fraction of sp³-hybridized carbons (Fsp3) is 0.400. The number of benzene rings is 1. The van der Waals surface area contributed by atoms with E-state index in [0.717, 1.165) is 0 Å². The van der Waals surface area contributed by atoms with Crippen molar-refractivity contribution >= 4 is 28.9 Å². The molecule has 0 bridgehead atoms. The summed E-state index contributed by atoms with van der Waals surface area (Å²) in [6.45, 7) is 0.852. The largest absolute Gasteiger partial charge is 0.488 e. The first-order valence-corrected chi connectivity index (χ1v) is 5.62.